The Labute approximate surface area is 101 Å². The van der Waals surface area contributed by atoms with E-state index in [1.54, 1.807) is 24.3 Å². The first kappa shape index (κ1) is 13.4. The molecular weight excluding hydrogens is 218 g/mol. The van der Waals surface area contributed by atoms with Gasteiger partial charge in [-0.3, -0.25) is 0 Å². The van der Waals surface area contributed by atoms with Gasteiger partial charge in [-0.25, -0.2) is 4.79 Å². The maximum absolute atomic E-state index is 11.1. The molecule has 0 spiro atoms. The van der Waals surface area contributed by atoms with Gasteiger partial charge in [0.2, 0.25) is 0 Å². The van der Waals surface area contributed by atoms with Gasteiger partial charge in [0.05, 0.1) is 0 Å². The third-order valence-electron chi connectivity index (χ3n) is 3.15. The molecule has 1 aromatic rings. The molecule has 1 rings (SSSR count). The molecule has 0 saturated heterocycles. The Bertz CT molecular complexity index is 406. The lowest BCUT2D eigenvalue weighted by molar-refractivity contribution is -0.0559. The molecule has 0 bridgehead atoms. The lowest BCUT2D eigenvalue weighted by atomic mass is 9.73. The summed E-state index contributed by atoms with van der Waals surface area (Å²) >= 11 is 0. The number of phenols is 1. The van der Waals surface area contributed by atoms with Crippen molar-refractivity contribution in [1.82, 2.24) is 0 Å². The molecule has 1 atom stereocenters. The lowest BCUT2D eigenvalue weighted by Crippen LogP contribution is -2.42. The third-order valence-corrected chi connectivity index (χ3v) is 3.15. The molecule has 4 nitrogen and oxygen atoms in total. The molecule has 3 N–H and O–H groups in total. The summed E-state index contributed by atoms with van der Waals surface area (Å²) in [6, 6.07) is 6.57. The maximum atomic E-state index is 11.1. The van der Waals surface area contributed by atoms with Gasteiger partial charge in [0, 0.05) is 5.41 Å². The maximum Gasteiger partial charge on any atom is 0.405 e. The topological polar surface area (TPSA) is 72.5 Å². The number of aromatic hydroxyl groups is 1. The summed E-state index contributed by atoms with van der Waals surface area (Å²) in [7, 11) is 0. The molecule has 0 aromatic heterocycles. The van der Waals surface area contributed by atoms with Gasteiger partial charge in [-0.15, -0.1) is 0 Å². The van der Waals surface area contributed by atoms with Crippen molar-refractivity contribution in [2.24, 2.45) is 11.1 Å². The first-order chi connectivity index (χ1) is 7.67. The van der Waals surface area contributed by atoms with Crippen molar-refractivity contribution in [3.63, 3.8) is 0 Å². The molecular formula is C13H19NO3. The average molecular weight is 237 g/mol. The number of amides is 1. The summed E-state index contributed by atoms with van der Waals surface area (Å²) in [5.74, 6) is 0.170. The van der Waals surface area contributed by atoms with Crippen LogP contribution in [0.15, 0.2) is 24.3 Å². The zero-order chi connectivity index (χ0) is 13.3. The molecule has 0 fully saturated rings. The van der Waals surface area contributed by atoms with Crippen LogP contribution in [0.5, 0.6) is 5.75 Å². The molecule has 1 amide bonds. The minimum absolute atomic E-state index is 0.170. The number of phenolic OH excluding ortho intramolecular Hbond substituents is 1. The van der Waals surface area contributed by atoms with Crippen molar-refractivity contribution in [2.75, 3.05) is 0 Å². The van der Waals surface area contributed by atoms with Crippen LogP contribution in [0.25, 0.3) is 0 Å². The number of rotatable bonds is 2. The van der Waals surface area contributed by atoms with Crippen LogP contribution < -0.4 is 5.73 Å². The van der Waals surface area contributed by atoms with Gasteiger partial charge in [-0.05, 0) is 24.6 Å². The first-order valence-corrected chi connectivity index (χ1v) is 5.45. The van der Waals surface area contributed by atoms with Gasteiger partial charge < -0.3 is 15.6 Å². The Hall–Kier alpha value is -1.71. The van der Waals surface area contributed by atoms with Crippen LogP contribution in [0.4, 0.5) is 4.79 Å². The molecule has 0 heterocycles. The molecule has 0 saturated carbocycles. The fourth-order valence-corrected chi connectivity index (χ4v) is 1.63. The predicted octanol–water partition coefficient (Wildman–Crippen LogP) is 2.75. The van der Waals surface area contributed by atoms with Crippen LogP contribution in [-0.2, 0) is 10.3 Å². The standard InChI is InChI=1S/C13H19NO3/c1-12(2,3)13(4,17-11(14)16)9-5-7-10(15)8-6-9/h5-8,15H,1-4H3,(H2,14,16)/t13-/m1/s1. The molecule has 0 aliphatic rings. The number of primary amides is 1. The third kappa shape index (κ3) is 2.70. The predicted molar refractivity (Wildman–Crippen MR) is 65.6 cm³/mol. The molecule has 0 aliphatic heterocycles. The second kappa shape index (κ2) is 4.28. The van der Waals surface area contributed by atoms with E-state index >= 15 is 0 Å². The molecule has 4 heteroatoms. The number of ether oxygens (including phenoxy) is 1. The fraction of sp³-hybridized carbons (Fsp3) is 0.462. The molecule has 0 radical (unpaired) electrons. The summed E-state index contributed by atoms with van der Waals surface area (Å²) in [5.41, 5.74) is 4.76. The SMILES string of the molecule is CC(C)(C)[C@](C)(OC(N)=O)c1ccc(O)cc1. The highest BCUT2D eigenvalue weighted by Gasteiger charge is 2.42. The Morgan fingerprint density at radius 3 is 2.00 bits per heavy atom. The van der Waals surface area contributed by atoms with Crippen molar-refractivity contribution in [3.8, 4) is 5.75 Å². The highest BCUT2D eigenvalue weighted by molar-refractivity contribution is 5.65. The number of benzene rings is 1. The van der Waals surface area contributed by atoms with Gasteiger partial charge in [-0.1, -0.05) is 32.9 Å². The van der Waals surface area contributed by atoms with Crippen LogP contribution in [0, 0.1) is 5.41 Å². The Morgan fingerprint density at radius 1 is 1.18 bits per heavy atom. The second-order valence-electron chi connectivity index (χ2n) is 5.25. The van der Waals surface area contributed by atoms with E-state index < -0.39 is 11.7 Å². The van der Waals surface area contributed by atoms with E-state index in [1.165, 1.54) is 0 Å². The van der Waals surface area contributed by atoms with Crippen molar-refractivity contribution in [2.45, 2.75) is 33.3 Å². The Morgan fingerprint density at radius 2 is 1.65 bits per heavy atom. The van der Waals surface area contributed by atoms with Gasteiger partial charge in [0.15, 0.2) is 0 Å². The zero-order valence-electron chi connectivity index (χ0n) is 10.7. The van der Waals surface area contributed by atoms with Gasteiger partial charge >= 0.3 is 6.09 Å². The number of nitrogens with two attached hydrogens (primary N) is 1. The van der Waals surface area contributed by atoms with E-state index in [2.05, 4.69) is 0 Å². The lowest BCUT2D eigenvalue weighted by Gasteiger charge is -2.41. The number of hydrogen-bond donors (Lipinski definition) is 2. The van der Waals surface area contributed by atoms with Crippen LogP contribution >= 0.6 is 0 Å². The number of hydrogen-bond acceptors (Lipinski definition) is 3. The van der Waals surface area contributed by atoms with E-state index in [4.69, 9.17) is 10.5 Å². The first-order valence-electron chi connectivity index (χ1n) is 5.45. The number of carbonyl (C=O) groups excluding carboxylic acids is 1. The molecule has 1 aromatic carbocycles. The van der Waals surface area contributed by atoms with Crippen LogP contribution in [0.3, 0.4) is 0 Å². The highest BCUT2D eigenvalue weighted by Crippen LogP contribution is 2.42. The molecule has 0 aliphatic carbocycles. The molecule has 94 valence electrons. The van der Waals surface area contributed by atoms with E-state index in [1.807, 2.05) is 27.7 Å². The smallest absolute Gasteiger partial charge is 0.405 e. The average Bonchev–Trinajstić information content (AvgIpc) is 2.15. The summed E-state index contributed by atoms with van der Waals surface area (Å²) in [6.07, 6.45) is -0.810. The molecule has 0 unspecified atom stereocenters. The summed E-state index contributed by atoms with van der Waals surface area (Å²) < 4.78 is 5.29. The van der Waals surface area contributed by atoms with Crippen molar-refractivity contribution in [1.29, 1.82) is 0 Å². The van der Waals surface area contributed by atoms with Crippen LogP contribution in [-0.4, -0.2) is 11.2 Å². The van der Waals surface area contributed by atoms with Gasteiger partial charge in [-0.2, -0.15) is 0 Å². The monoisotopic (exact) mass is 237 g/mol. The minimum Gasteiger partial charge on any atom is -0.508 e. The van der Waals surface area contributed by atoms with Gasteiger partial charge in [0.25, 0.3) is 0 Å². The van der Waals surface area contributed by atoms with Gasteiger partial charge in [0.1, 0.15) is 11.4 Å². The fourth-order valence-electron chi connectivity index (χ4n) is 1.63. The minimum atomic E-state index is -0.841. The van der Waals surface area contributed by atoms with E-state index in [9.17, 15) is 9.90 Å². The Kier molecular flexibility index (Phi) is 3.36. The van der Waals surface area contributed by atoms with E-state index in [0.717, 1.165) is 5.56 Å². The normalized spacial score (nSPS) is 15.1. The largest absolute Gasteiger partial charge is 0.508 e. The van der Waals surface area contributed by atoms with E-state index in [-0.39, 0.29) is 11.2 Å². The zero-order valence-corrected chi connectivity index (χ0v) is 10.7. The summed E-state index contributed by atoms with van der Waals surface area (Å²) in [5, 5.41) is 9.27. The highest BCUT2D eigenvalue weighted by atomic mass is 16.6. The molecule has 17 heavy (non-hydrogen) atoms. The van der Waals surface area contributed by atoms with Crippen LogP contribution in [0.2, 0.25) is 0 Å². The van der Waals surface area contributed by atoms with Crippen molar-refractivity contribution >= 4 is 6.09 Å². The Balaban J connectivity index is 3.24. The van der Waals surface area contributed by atoms with Crippen LogP contribution in [0.1, 0.15) is 33.3 Å². The number of carbonyl (C=O) groups is 1. The second-order valence-corrected chi connectivity index (χ2v) is 5.25. The van der Waals surface area contributed by atoms with E-state index in [0.29, 0.717) is 0 Å². The van der Waals surface area contributed by atoms with Crippen molar-refractivity contribution in [3.05, 3.63) is 29.8 Å². The summed E-state index contributed by atoms with van der Waals surface area (Å²) in [4.78, 5) is 11.1. The quantitative estimate of drug-likeness (QED) is 0.830. The summed E-state index contributed by atoms with van der Waals surface area (Å²) in [6.45, 7) is 7.69. The van der Waals surface area contributed by atoms with Crippen molar-refractivity contribution < 1.29 is 14.6 Å².